The summed E-state index contributed by atoms with van der Waals surface area (Å²) in [5.74, 6) is 0. The molecule has 1 aromatic heterocycles. The lowest BCUT2D eigenvalue weighted by Crippen LogP contribution is -2.38. The van der Waals surface area contributed by atoms with E-state index in [2.05, 4.69) is 17.6 Å². The van der Waals surface area contributed by atoms with Crippen molar-refractivity contribution in [3.05, 3.63) is 52.3 Å². The number of benzene rings is 1. The van der Waals surface area contributed by atoms with Gasteiger partial charge < -0.3 is 10.2 Å². The lowest BCUT2D eigenvalue weighted by Gasteiger charge is -2.21. The molecule has 1 aliphatic heterocycles. The van der Waals surface area contributed by atoms with E-state index in [1.807, 2.05) is 0 Å². The van der Waals surface area contributed by atoms with Crippen LogP contribution in [0.1, 0.15) is 12.0 Å². The predicted molar refractivity (Wildman–Crippen MR) is 108 cm³/mol. The number of β-amino-alcohol motifs (C(OH)–C–C–N with tert-alkyl or cyclic N) is 1. The van der Waals surface area contributed by atoms with Gasteiger partial charge in [-0.2, -0.15) is 17.5 Å². The van der Waals surface area contributed by atoms with Crippen molar-refractivity contribution < 1.29 is 31.8 Å². The van der Waals surface area contributed by atoms with Gasteiger partial charge in [0.25, 0.3) is 0 Å². The Morgan fingerprint density at radius 2 is 1.90 bits per heavy atom. The van der Waals surface area contributed by atoms with Crippen LogP contribution in [0.25, 0.3) is 0 Å². The number of hydrogen-bond donors (Lipinski definition) is 3. The van der Waals surface area contributed by atoms with Crippen molar-refractivity contribution in [2.24, 2.45) is 0 Å². The fourth-order valence-electron chi connectivity index (χ4n) is 2.55. The van der Waals surface area contributed by atoms with E-state index in [9.17, 15) is 26.7 Å². The van der Waals surface area contributed by atoms with Crippen LogP contribution < -0.4 is 0 Å². The Labute approximate surface area is 186 Å². The molecule has 6 nitrogen and oxygen atoms in total. The fourth-order valence-corrected chi connectivity index (χ4v) is 4.83. The molecular formula is C17H17Cl2F3N2O4S2. The zero-order chi connectivity index (χ0) is 22.7. The highest BCUT2D eigenvalue weighted by atomic mass is 35.5. The zero-order valence-corrected chi connectivity index (χ0v) is 18.4. The molecule has 3 rings (SSSR count). The molecule has 0 radical (unpaired) electrons. The first-order valence-corrected chi connectivity index (χ1v) is 10.9. The number of sulfonamides is 1. The van der Waals surface area contributed by atoms with E-state index in [4.69, 9.17) is 28.3 Å². The molecular weight excluding hydrogens is 488 g/mol. The normalized spacial score (nSPS) is 20.0. The van der Waals surface area contributed by atoms with Gasteiger partial charge >= 0.3 is 6.18 Å². The molecule has 2 aromatic rings. The lowest BCUT2D eigenvalue weighted by molar-refractivity contribution is -0.137. The van der Waals surface area contributed by atoms with Crippen molar-refractivity contribution in [2.75, 3.05) is 19.7 Å². The van der Waals surface area contributed by atoms with Crippen molar-refractivity contribution in [2.45, 2.75) is 28.0 Å². The number of hydrogen-bond acceptors (Lipinski definition) is 6. The summed E-state index contributed by atoms with van der Waals surface area (Å²) in [5, 5.41) is 18.9. The predicted octanol–water partition coefficient (Wildman–Crippen LogP) is 3.50. The van der Waals surface area contributed by atoms with Gasteiger partial charge in [-0.3, -0.25) is 0 Å². The van der Waals surface area contributed by atoms with Gasteiger partial charge in [0.2, 0.25) is 10.0 Å². The zero-order valence-electron chi connectivity index (χ0n) is 15.1. The van der Waals surface area contributed by atoms with E-state index >= 15 is 0 Å². The standard InChI is InChI=1S/C12H13ClF3NO4S.C5H4ClNS/c13-9-5-8(12(14,15)16)1-2-10(9)22(20,21)17-4-3-11(19,6-17)7-18;6-5-2-1-4(8)3-7-5/h1-2,5,18-19H,3-4,6-7H2;1-3,8H. The number of halogens is 5. The van der Waals surface area contributed by atoms with E-state index in [1.54, 1.807) is 18.3 Å². The molecule has 30 heavy (non-hydrogen) atoms. The first-order valence-electron chi connectivity index (χ1n) is 8.29. The van der Waals surface area contributed by atoms with Crippen LogP contribution in [0.15, 0.2) is 46.3 Å². The Morgan fingerprint density at radius 3 is 2.33 bits per heavy atom. The maximum Gasteiger partial charge on any atom is 0.416 e. The minimum absolute atomic E-state index is 0.0288. The van der Waals surface area contributed by atoms with Crippen molar-refractivity contribution in [3.8, 4) is 0 Å². The van der Waals surface area contributed by atoms with Gasteiger partial charge in [0, 0.05) is 24.2 Å². The second kappa shape index (κ2) is 9.60. The quantitative estimate of drug-likeness (QED) is 0.439. The maximum atomic E-state index is 12.6. The molecule has 0 amide bonds. The Bertz CT molecular complexity index is 970. The summed E-state index contributed by atoms with van der Waals surface area (Å²) in [7, 11) is -4.15. The molecule has 1 saturated heterocycles. The van der Waals surface area contributed by atoms with Crippen LogP contribution in [0.5, 0.6) is 0 Å². The molecule has 0 bridgehead atoms. The van der Waals surface area contributed by atoms with Crippen LogP contribution in [-0.2, 0) is 16.2 Å². The summed E-state index contributed by atoms with van der Waals surface area (Å²) >= 11 is 15.2. The molecule has 1 aromatic carbocycles. The molecule has 166 valence electrons. The molecule has 13 heteroatoms. The van der Waals surface area contributed by atoms with Gasteiger partial charge in [0.1, 0.15) is 15.6 Å². The number of pyridine rings is 1. The van der Waals surface area contributed by atoms with Crippen molar-refractivity contribution in [1.82, 2.24) is 9.29 Å². The molecule has 0 aliphatic carbocycles. The second-order valence-electron chi connectivity index (χ2n) is 6.45. The number of aromatic nitrogens is 1. The third-order valence-corrected chi connectivity index (χ3v) is 7.00. The first kappa shape index (κ1) is 25.2. The van der Waals surface area contributed by atoms with Gasteiger partial charge in [0.15, 0.2) is 0 Å². The molecule has 2 heterocycles. The van der Waals surface area contributed by atoms with Gasteiger partial charge in [0.05, 0.1) is 17.2 Å². The average molecular weight is 505 g/mol. The Morgan fingerprint density at radius 1 is 1.23 bits per heavy atom. The number of nitrogens with zero attached hydrogens (tertiary/aromatic N) is 2. The highest BCUT2D eigenvalue weighted by molar-refractivity contribution is 7.89. The summed E-state index contributed by atoms with van der Waals surface area (Å²) in [6, 6.07) is 5.45. The number of rotatable bonds is 3. The van der Waals surface area contributed by atoms with Crippen molar-refractivity contribution in [1.29, 1.82) is 0 Å². The van der Waals surface area contributed by atoms with Gasteiger partial charge in [-0.1, -0.05) is 23.2 Å². The third kappa shape index (κ3) is 6.22. The van der Waals surface area contributed by atoms with Crippen LogP contribution in [0.2, 0.25) is 10.2 Å². The van der Waals surface area contributed by atoms with E-state index in [1.165, 1.54) is 0 Å². The van der Waals surface area contributed by atoms with Crippen LogP contribution in [0.4, 0.5) is 13.2 Å². The minimum Gasteiger partial charge on any atom is -0.393 e. The van der Waals surface area contributed by atoms with Crippen LogP contribution in [0.3, 0.4) is 0 Å². The molecule has 1 aliphatic rings. The smallest absolute Gasteiger partial charge is 0.393 e. The monoisotopic (exact) mass is 504 g/mol. The van der Waals surface area contributed by atoms with Crippen molar-refractivity contribution in [3.63, 3.8) is 0 Å². The SMILES string of the molecule is O=S(=O)(c1ccc(C(F)(F)F)cc1Cl)N1CCC(O)(CO)C1.Sc1ccc(Cl)nc1. The second-order valence-corrected chi connectivity index (χ2v) is 9.67. The maximum absolute atomic E-state index is 12.6. The number of aliphatic hydroxyl groups excluding tert-OH is 1. The van der Waals surface area contributed by atoms with Gasteiger partial charge in [-0.05, 0) is 36.8 Å². The molecule has 1 fully saturated rings. The van der Waals surface area contributed by atoms with E-state index < -0.39 is 43.9 Å². The summed E-state index contributed by atoms with van der Waals surface area (Å²) in [6.45, 7) is -1.01. The average Bonchev–Trinajstić information content (AvgIpc) is 3.07. The highest BCUT2D eigenvalue weighted by Gasteiger charge is 2.42. The summed E-state index contributed by atoms with van der Waals surface area (Å²) < 4.78 is 63.4. The van der Waals surface area contributed by atoms with Gasteiger partial charge in [-0.25, -0.2) is 13.4 Å². The molecule has 1 atom stereocenters. The molecule has 1 unspecified atom stereocenters. The van der Waals surface area contributed by atoms with E-state index in [-0.39, 0.29) is 19.5 Å². The summed E-state index contributed by atoms with van der Waals surface area (Å²) in [6.07, 6.45) is -3.00. The van der Waals surface area contributed by atoms with E-state index in [0.29, 0.717) is 17.3 Å². The number of alkyl halides is 3. The lowest BCUT2D eigenvalue weighted by atomic mass is 10.1. The fraction of sp³-hybridized carbons (Fsp3) is 0.353. The summed E-state index contributed by atoms with van der Waals surface area (Å²) in [5.41, 5.74) is -2.60. The van der Waals surface area contributed by atoms with E-state index in [0.717, 1.165) is 15.3 Å². The van der Waals surface area contributed by atoms with Crippen molar-refractivity contribution >= 4 is 45.9 Å². The van der Waals surface area contributed by atoms with Crippen LogP contribution in [-0.4, -0.2) is 53.2 Å². The summed E-state index contributed by atoms with van der Waals surface area (Å²) in [4.78, 5) is 4.13. The largest absolute Gasteiger partial charge is 0.416 e. The van der Waals surface area contributed by atoms with Crippen LogP contribution >= 0.6 is 35.8 Å². The Kier molecular flexibility index (Phi) is 8.05. The number of aliphatic hydroxyl groups is 2. The molecule has 2 N–H and O–H groups in total. The minimum atomic E-state index is -4.63. The number of thiol groups is 1. The van der Waals surface area contributed by atoms with Crippen LogP contribution in [0, 0.1) is 0 Å². The Hall–Kier alpha value is -1.08. The first-order chi connectivity index (χ1) is 13.8. The topological polar surface area (TPSA) is 90.7 Å². The highest BCUT2D eigenvalue weighted by Crippen LogP contribution is 2.35. The molecule has 0 spiro atoms. The third-order valence-electron chi connectivity index (χ3n) is 4.18. The van der Waals surface area contributed by atoms with Gasteiger partial charge in [-0.15, -0.1) is 12.6 Å². The molecule has 0 saturated carbocycles. The Balaban J connectivity index is 0.000000335.